The fourth-order valence-electron chi connectivity index (χ4n) is 6.72. The smallest absolute Gasteiger partial charge is 0.311 e. The van der Waals surface area contributed by atoms with Crippen molar-refractivity contribution in [3.63, 3.8) is 0 Å². The van der Waals surface area contributed by atoms with E-state index in [2.05, 4.69) is 47.8 Å². The van der Waals surface area contributed by atoms with Gasteiger partial charge < -0.3 is 19.6 Å². The lowest BCUT2D eigenvalue weighted by molar-refractivity contribution is -0.153. The minimum absolute atomic E-state index is 0.00728. The molecule has 3 aliphatic rings. The summed E-state index contributed by atoms with van der Waals surface area (Å²) in [5.41, 5.74) is -0.472. The number of amides is 2. The molecular formula is C27H42N2O5S. The Morgan fingerprint density at radius 3 is 2.51 bits per heavy atom. The van der Waals surface area contributed by atoms with Crippen molar-refractivity contribution in [2.75, 3.05) is 26.3 Å². The second-order valence-electron chi connectivity index (χ2n) is 11.9. The van der Waals surface area contributed by atoms with Crippen molar-refractivity contribution in [1.82, 2.24) is 9.80 Å². The maximum atomic E-state index is 14.4. The topological polar surface area (TPSA) is 87.1 Å². The van der Waals surface area contributed by atoms with Crippen LogP contribution >= 0.6 is 11.8 Å². The summed E-state index contributed by atoms with van der Waals surface area (Å²) in [6.07, 6.45) is 5.89. The van der Waals surface area contributed by atoms with Crippen molar-refractivity contribution in [3.8, 4) is 0 Å². The average Bonchev–Trinajstić information content (AvgIpc) is 3.39. The van der Waals surface area contributed by atoms with Crippen LogP contribution in [-0.4, -0.2) is 80.6 Å². The van der Waals surface area contributed by atoms with Gasteiger partial charge in [0, 0.05) is 30.5 Å². The van der Waals surface area contributed by atoms with Gasteiger partial charge in [-0.2, -0.15) is 0 Å². The Hall–Kier alpha value is -1.80. The van der Waals surface area contributed by atoms with Crippen molar-refractivity contribution in [3.05, 3.63) is 25.3 Å². The lowest BCUT2D eigenvalue weighted by Gasteiger charge is -2.46. The first-order chi connectivity index (χ1) is 16.3. The van der Waals surface area contributed by atoms with Crippen LogP contribution in [0.4, 0.5) is 0 Å². The van der Waals surface area contributed by atoms with Gasteiger partial charge in [0.2, 0.25) is 11.8 Å². The number of carbonyl (C=O) groups excluding carboxylic acids is 3. The molecule has 1 spiro atoms. The van der Waals surface area contributed by atoms with E-state index in [9.17, 15) is 19.5 Å². The molecule has 35 heavy (non-hydrogen) atoms. The molecule has 2 bridgehead atoms. The zero-order valence-corrected chi connectivity index (χ0v) is 22.7. The molecule has 3 aliphatic heterocycles. The number of aliphatic hydroxyl groups excluding tert-OH is 1. The standard InChI is InChI=1S/C27H42N2O5S/c1-8-13-29(26(6,7)17-25(3,4)5)23(32)21-27-12-11-18(35-27)19(24(33)34-16-9-2)20(27)22(31)28(21)14-10-15-30/h8-9,18-21,30H,1-2,10-17H2,3-7H3/t18-,19+,20+,21?,27?/m1/s1. The van der Waals surface area contributed by atoms with E-state index in [4.69, 9.17) is 4.74 Å². The summed E-state index contributed by atoms with van der Waals surface area (Å²) in [5, 5.41) is 9.49. The second kappa shape index (κ2) is 10.3. The number of fused-ring (bicyclic) bond motifs is 1. The summed E-state index contributed by atoms with van der Waals surface area (Å²) >= 11 is 1.63. The number of nitrogens with zero attached hydrogens (tertiary/aromatic N) is 2. The number of hydrogen-bond donors (Lipinski definition) is 1. The third-order valence-electron chi connectivity index (χ3n) is 7.48. The molecule has 2 unspecified atom stereocenters. The number of carbonyl (C=O) groups is 3. The van der Waals surface area contributed by atoms with Crippen LogP contribution in [0.15, 0.2) is 25.3 Å². The third kappa shape index (κ3) is 5.06. The zero-order valence-electron chi connectivity index (χ0n) is 21.9. The number of ether oxygens (including phenoxy) is 1. The molecule has 196 valence electrons. The molecule has 0 aromatic rings. The van der Waals surface area contributed by atoms with E-state index in [1.165, 1.54) is 6.08 Å². The van der Waals surface area contributed by atoms with Crippen molar-refractivity contribution in [2.24, 2.45) is 17.3 Å². The lowest BCUT2D eigenvalue weighted by atomic mass is 9.71. The fraction of sp³-hybridized carbons (Fsp3) is 0.741. The van der Waals surface area contributed by atoms with Gasteiger partial charge in [0.15, 0.2) is 0 Å². The van der Waals surface area contributed by atoms with E-state index in [1.807, 2.05) is 4.90 Å². The molecule has 0 aromatic carbocycles. The summed E-state index contributed by atoms with van der Waals surface area (Å²) in [4.78, 5) is 44.8. The fourth-order valence-corrected chi connectivity index (χ4v) is 8.93. The van der Waals surface area contributed by atoms with Gasteiger partial charge in [-0.3, -0.25) is 14.4 Å². The molecule has 3 saturated heterocycles. The first-order valence-corrected chi connectivity index (χ1v) is 13.5. The van der Waals surface area contributed by atoms with Crippen LogP contribution < -0.4 is 0 Å². The number of aliphatic hydroxyl groups is 1. The van der Waals surface area contributed by atoms with E-state index in [-0.39, 0.29) is 48.2 Å². The monoisotopic (exact) mass is 506 g/mol. The molecule has 8 heteroatoms. The van der Waals surface area contributed by atoms with Gasteiger partial charge in [-0.1, -0.05) is 39.5 Å². The van der Waals surface area contributed by atoms with Gasteiger partial charge in [-0.05, 0) is 44.9 Å². The highest BCUT2D eigenvalue weighted by atomic mass is 32.2. The number of thioether (sulfide) groups is 1. The van der Waals surface area contributed by atoms with Gasteiger partial charge >= 0.3 is 5.97 Å². The summed E-state index contributed by atoms with van der Waals surface area (Å²) in [5.74, 6) is -1.80. The molecule has 7 nitrogen and oxygen atoms in total. The van der Waals surface area contributed by atoms with E-state index in [0.29, 0.717) is 19.4 Å². The molecule has 0 radical (unpaired) electrons. The Morgan fingerprint density at radius 2 is 1.94 bits per heavy atom. The third-order valence-corrected chi connectivity index (χ3v) is 9.43. The van der Waals surface area contributed by atoms with Gasteiger partial charge in [0.05, 0.1) is 16.6 Å². The maximum Gasteiger partial charge on any atom is 0.311 e. The number of hydrogen-bond acceptors (Lipinski definition) is 6. The molecule has 3 heterocycles. The highest BCUT2D eigenvalue weighted by molar-refractivity contribution is 8.02. The molecular weight excluding hydrogens is 464 g/mol. The van der Waals surface area contributed by atoms with Crippen molar-refractivity contribution < 1.29 is 24.2 Å². The molecule has 0 aromatic heterocycles. The molecule has 0 aliphatic carbocycles. The highest BCUT2D eigenvalue weighted by Crippen LogP contribution is 2.66. The van der Waals surface area contributed by atoms with E-state index in [0.717, 1.165) is 12.8 Å². The van der Waals surface area contributed by atoms with Crippen molar-refractivity contribution in [2.45, 2.75) is 81.9 Å². The van der Waals surface area contributed by atoms with Crippen molar-refractivity contribution in [1.29, 1.82) is 0 Å². The summed E-state index contributed by atoms with van der Waals surface area (Å²) < 4.78 is 4.74. The lowest BCUT2D eigenvalue weighted by Crippen LogP contribution is -2.60. The molecule has 1 N–H and O–H groups in total. The van der Waals surface area contributed by atoms with Crippen LogP contribution in [0.3, 0.4) is 0 Å². The SMILES string of the molecule is C=CCOC(=O)[C@@H]1[C@H]2C(=O)N(CCCO)C(C(=O)N(CC=C)C(C)(C)CC(C)(C)C)C23CC[C@H]1S3. The molecule has 3 rings (SSSR count). The number of rotatable bonds is 11. The van der Waals surface area contributed by atoms with Crippen LogP contribution in [0.5, 0.6) is 0 Å². The molecule has 2 amide bonds. The predicted molar refractivity (Wildman–Crippen MR) is 139 cm³/mol. The minimum Gasteiger partial charge on any atom is -0.461 e. The Morgan fingerprint density at radius 1 is 1.26 bits per heavy atom. The number of likely N-dealkylation sites (tertiary alicyclic amines) is 1. The van der Waals surface area contributed by atoms with Gasteiger partial charge in [0.1, 0.15) is 12.6 Å². The first-order valence-electron chi connectivity index (χ1n) is 12.6. The minimum atomic E-state index is -0.682. The Labute approximate surface area is 214 Å². The zero-order chi connectivity index (χ0) is 26.2. The Balaban J connectivity index is 2.03. The van der Waals surface area contributed by atoms with Crippen LogP contribution in [-0.2, 0) is 19.1 Å². The normalized spacial score (nSPS) is 29.8. The van der Waals surface area contributed by atoms with E-state index < -0.39 is 28.2 Å². The Bertz CT molecular complexity index is 866. The largest absolute Gasteiger partial charge is 0.461 e. The van der Waals surface area contributed by atoms with E-state index >= 15 is 0 Å². The molecule has 5 atom stereocenters. The summed E-state index contributed by atoms with van der Waals surface area (Å²) in [6, 6.07) is -0.682. The predicted octanol–water partition coefficient (Wildman–Crippen LogP) is 3.42. The maximum absolute atomic E-state index is 14.4. The highest BCUT2D eigenvalue weighted by Gasteiger charge is 2.74. The Kier molecular flexibility index (Phi) is 8.17. The van der Waals surface area contributed by atoms with Gasteiger partial charge in [0.25, 0.3) is 0 Å². The average molecular weight is 507 g/mol. The van der Waals surface area contributed by atoms with Crippen molar-refractivity contribution >= 4 is 29.5 Å². The van der Waals surface area contributed by atoms with Gasteiger partial charge in [-0.25, -0.2) is 0 Å². The van der Waals surface area contributed by atoms with Crippen LogP contribution in [0.1, 0.15) is 60.3 Å². The van der Waals surface area contributed by atoms with E-state index in [1.54, 1.807) is 22.7 Å². The summed E-state index contributed by atoms with van der Waals surface area (Å²) in [7, 11) is 0. The molecule has 3 fully saturated rings. The first kappa shape index (κ1) is 27.8. The van der Waals surface area contributed by atoms with Crippen LogP contribution in [0, 0.1) is 17.3 Å². The van der Waals surface area contributed by atoms with Gasteiger partial charge in [-0.15, -0.1) is 18.3 Å². The summed E-state index contributed by atoms with van der Waals surface area (Å²) in [6.45, 7) is 18.8. The number of esters is 1. The second-order valence-corrected chi connectivity index (χ2v) is 13.5. The quantitative estimate of drug-likeness (QED) is 0.341. The van der Waals surface area contributed by atoms with Crippen LogP contribution in [0.2, 0.25) is 0 Å². The van der Waals surface area contributed by atoms with Crippen LogP contribution in [0.25, 0.3) is 0 Å². The molecule has 0 saturated carbocycles.